The van der Waals surface area contributed by atoms with E-state index < -0.39 is 12.6 Å². The topological polar surface area (TPSA) is 103 Å². The molecule has 21 heavy (non-hydrogen) atoms. The van der Waals surface area contributed by atoms with E-state index in [-0.39, 0.29) is 22.5 Å². The van der Waals surface area contributed by atoms with E-state index in [1.807, 2.05) is 0 Å². The van der Waals surface area contributed by atoms with Gasteiger partial charge in [0.1, 0.15) is 5.75 Å². The van der Waals surface area contributed by atoms with Crippen LogP contribution in [0.4, 0.5) is 8.78 Å². The maximum absolute atomic E-state index is 12.2. The van der Waals surface area contributed by atoms with Gasteiger partial charge in [-0.2, -0.15) is 8.78 Å². The Morgan fingerprint density at radius 2 is 2.24 bits per heavy atom. The standard InChI is InChI=1S/C11H10F2N4O3S/c12-10(13)20-7-3-1-2-6(4-7)9-15-16-11(17(9)14)21-5-8(18)19/h1-4,10H,5,14H2,(H,18,19). The SMILES string of the molecule is Nn1c(SCC(=O)O)nnc1-c1cccc(OC(F)F)c1. The van der Waals surface area contributed by atoms with Crippen molar-refractivity contribution in [1.82, 2.24) is 14.9 Å². The molecule has 0 bridgehead atoms. The molecule has 0 atom stereocenters. The second-order valence-electron chi connectivity index (χ2n) is 3.76. The Morgan fingerprint density at radius 3 is 2.90 bits per heavy atom. The van der Waals surface area contributed by atoms with Crippen molar-refractivity contribution in [3.05, 3.63) is 24.3 Å². The molecule has 0 spiro atoms. The van der Waals surface area contributed by atoms with Gasteiger partial charge in [0.15, 0.2) is 5.82 Å². The summed E-state index contributed by atoms with van der Waals surface area (Å²) in [6, 6.07) is 5.81. The number of carboxylic acid groups (broad SMARTS) is 1. The number of hydrogen-bond acceptors (Lipinski definition) is 6. The fraction of sp³-hybridized carbons (Fsp3) is 0.182. The van der Waals surface area contributed by atoms with Crippen molar-refractivity contribution in [2.24, 2.45) is 0 Å². The zero-order valence-electron chi connectivity index (χ0n) is 10.4. The average molecular weight is 316 g/mol. The van der Waals surface area contributed by atoms with Crippen LogP contribution in [0.5, 0.6) is 5.75 Å². The van der Waals surface area contributed by atoms with Crippen LogP contribution in [0.2, 0.25) is 0 Å². The van der Waals surface area contributed by atoms with Gasteiger partial charge < -0.3 is 15.7 Å². The van der Waals surface area contributed by atoms with Gasteiger partial charge in [-0.05, 0) is 12.1 Å². The molecule has 0 saturated heterocycles. The molecule has 3 N–H and O–H groups in total. The van der Waals surface area contributed by atoms with Crippen molar-refractivity contribution in [1.29, 1.82) is 0 Å². The molecule has 0 radical (unpaired) electrons. The first-order chi connectivity index (χ1) is 9.97. The summed E-state index contributed by atoms with van der Waals surface area (Å²) in [6.07, 6.45) is 0. The number of nitrogens with two attached hydrogens (primary N) is 1. The van der Waals surface area contributed by atoms with Crippen LogP contribution in [-0.4, -0.2) is 38.3 Å². The number of halogens is 2. The molecule has 0 amide bonds. The van der Waals surface area contributed by atoms with E-state index in [9.17, 15) is 13.6 Å². The zero-order chi connectivity index (χ0) is 15.4. The number of nitrogen functional groups attached to an aromatic ring is 1. The van der Waals surface area contributed by atoms with E-state index in [1.54, 1.807) is 6.07 Å². The van der Waals surface area contributed by atoms with Gasteiger partial charge in [-0.1, -0.05) is 23.9 Å². The summed E-state index contributed by atoms with van der Waals surface area (Å²) in [5, 5.41) is 16.4. The largest absolute Gasteiger partial charge is 0.481 e. The van der Waals surface area contributed by atoms with Crippen molar-refractivity contribution in [3.63, 3.8) is 0 Å². The molecule has 112 valence electrons. The number of aromatic nitrogens is 3. The Hall–Kier alpha value is -2.36. The van der Waals surface area contributed by atoms with Crippen molar-refractivity contribution in [2.45, 2.75) is 11.8 Å². The van der Waals surface area contributed by atoms with E-state index in [4.69, 9.17) is 10.9 Å². The first-order valence-electron chi connectivity index (χ1n) is 5.57. The predicted molar refractivity (Wildman–Crippen MR) is 70.6 cm³/mol. The molecule has 7 nitrogen and oxygen atoms in total. The van der Waals surface area contributed by atoms with Crippen LogP contribution in [0.3, 0.4) is 0 Å². The molecule has 0 aliphatic carbocycles. The van der Waals surface area contributed by atoms with Crippen LogP contribution in [0.1, 0.15) is 0 Å². The summed E-state index contributed by atoms with van der Waals surface area (Å²) in [5.74, 6) is 4.70. The van der Waals surface area contributed by atoms with Gasteiger partial charge in [0.2, 0.25) is 5.16 Å². The lowest BCUT2D eigenvalue weighted by Gasteiger charge is -2.06. The molecule has 0 aliphatic rings. The normalized spacial score (nSPS) is 10.8. The van der Waals surface area contributed by atoms with Gasteiger partial charge >= 0.3 is 12.6 Å². The molecule has 0 aliphatic heterocycles. The highest BCUT2D eigenvalue weighted by Crippen LogP contribution is 2.25. The first kappa shape index (κ1) is 15.0. The van der Waals surface area contributed by atoms with Crippen molar-refractivity contribution >= 4 is 17.7 Å². The van der Waals surface area contributed by atoms with Crippen molar-refractivity contribution in [2.75, 3.05) is 11.6 Å². The monoisotopic (exact) mass is 316 g/mol. The van der Waals surface area contributed by atoms with Crippen LogP contribution in [0.15, 0.2) is 29.4 Å². The zero-order valence-corrected chi connectivity index (χ0v) is 11.3. The molecule has 0 unspecified atom stereocenters. The van der Waals surface area contributed by atoms with Gasteiger partial charge in [-0.25, -0.2) is 4.68 Å². The number of thioether (sulfide) groups is 1. The van der Waals surface area contributed by atoms with Crippen LogP contribution in [0.25, 0.3) is 11.4 Å². The number of aliphatic carboxylic acids is 1. The number of carboxylic acids is 1. The molecule has 2 aromatic rings. The number of ether oxygens (including phenoxy) is 1. The minimum absolute atomic E-state index is 0.0368. The van der Waals surface area contributed by atoms with Gasteiger partial charge in [0.05, 0.1) is 5.75 Å². The fourth-order valence-electron chi connectivity index (χ4n) is 1.51. The minimum atomic E-state index is -2.93. The Labute approximate surface area is 121 Å². The third-order valence-electron chi connectivity index (χ3n) is 2.31. The van der Waals surface area contributed by atoms with Crippen LogP contribution in [-0.2, 0) is 4.79 Å². The van der Waals surface area contributed by atoms with Gasteiger partial charge in [-0.15, -0.1) is 10.2 Å². The highest BCUT2D eigenvalue weighted by molar-refractivity contribution is 7.99. The Kier molecular flexibility index (Phi) is 4.58. The van der Waals surface area contributed by atoms with E-state index in [2.05, 4.69) is 14.9 Å². The molecule has 0 saturated carbocycles. The van der Waals surface area contributed by atoms with Gasteiger partial charge in [0.25, 0.3) is 0 Å². The Balaban J connectivity index is 2.24. The fourth-order valence-corrected chi connectivity index (χ4v) is 2.09. The van der Waals surface area contributed by atoms with E-state index in [1.165, 1.54) is 18.2 Å². The molecule has 1 aromatic carbocycles. The molecular weight excluding hydrogens is 306 g/mol. The van der Waals surface area contributed by atoms with Crippen LogP contribution in [0, 0.1) is 0 Å². The first-order valence-corrected chi connectivity index (χ1v) is 6.56. The number of carbonyl (C=O) groups is 1. The Morgan fingerprint density at radius 1 is 1.48 bits per heavy atom. The van der Waals surface area contributed by atoms with Crippen LogP contribution >= 0.6 is 11.8 Å². The van der Waals surface area contributed by atoms with Gasteiger partial charge in [0, 0.05) is 5.56 Å². The number of alkyl halides is 2. The summed E-state index contributed by atoms with van der Waals surface area (Å²) < 4.78 is 29.7. The number of hydrogen-bond donors (Lipinski definition) is 2. The maximum atomic E-state index is 12.2. The summed E-state index contributed by atoms with van der Waals surface area (Å²) in [4.78, 5) is 10.5. The predicted octanol–water partition coefficient (Wildman–Crippen LogP) is 1.44. The molecule has 10 heteroatoms. The third kappa shape index (κ3) is 3.81. The quantitative estimate of drug-likeness (QED) is 0.614. The summed E-state index contributed by atoms with van der Waals surface area (Å²) >= 11 is 0.899. The third-order valence-corrected chi connectivity index (χ3v) is 3.23. The van der Waals surface area contributed by atoms with Gasteiger partial charge in [-0.3, -0.25) is 4.79 Å². The smallest absolute Gasteiger partial charge is 0.387 e. The molecule has 2 rings (SSSR count). The number of benzene rings is 1. The van der Waals surface area contributed by atoms with E-state index >= 15 is 0 Å². The summed E-state index contributed by atoms with van der Waals surface area (Å²) in [7, 11) is 0. The molecule has 1 aromatic heterocycles. The highest BCUT2D eigenvalue weighted by atomic mass is 32.2. The molecular formula is C11H10F2N4O3S. The second kappa shape index (κ2) is 6.39. The second-order valence-corrected chi connectivity index (χ2v) is 4.71. The van der Waals surface area contributed by atoms with Crippen molar-refractivity contribution < 1.29 is 23.4 Å². The molecule has 0 fully saturated rings. The number of rotatable bonds is 6. The highest BCUT2D eigenvalue weighted by Gasteiger charge is 2.14. The minimum Gasteiger partial charge on any atom is -0.481 e. The lowest BCUT2D eigenvalue weighted by Crippen LogP contribution is -2.12. The Bertz CT molecular complexity index is 650. The average Bonchev–Trinajstić information content (AvgIpc) is 2.77. The van der Waals surface area contributed by atoms with Crippen LogP contribution < -0.4 is 10.6 Å². The number of nitrogens with zero attached hydrogens (tertiary/aromatic N) is 3. The lowest BCUT2D eigenvalue weighted by atomic mass is 10.2. The summed E-state index contributed by atoms with van der Waals surface area (Å²) in [5.41, 5.74) is 0.422. The van der Waals surface area contributed by atoms with E-state index in [0.717, 1.165) is 16.4 Å². The summed E-state index contributed by atoms with van der Waals surface area (Å²) in [6.45, 7) is -2.93. The van der Waals surface area contributed by atoms with E-state index in [0.29, 0.717) is 5.56 Å². The van der Waals surface area contributed by atoms with Crippen molar-refractivity contribution in [3.8, 4) is 17.1 Å². The maximum Gasteiger partial charge on any atom is 0.387 e. The lowest BCUT2D eigenvalue weighted by molar-refractivity contribution is -0.133. The molecule has 1 heterocycles.